The molecule has 2 N–H and O–H groups in total. The topological polar surface area (TPSA) is 71.8 Å². The highest BCUT2D eigenvalue weighted by Gasteiger charge is 2.07. The molecule has 1 aromatic heterocycles. The summed E-state index contributed by atoms with van der Waals surface area (Å²) >= 11 is 0. The van der Waals surface area contributed by atoms with Crippen molar-refractivity contribution in [3.05, 3.63) is 77.9 Å². The number of carbonyl (C=O) groups excluding carboxylic acids is 1. The Bertz CT molecular complexity index is 937. The van der Waals surface area contributed by atoms with Crippen LogP contribution in [0.25, 0.3) is 0 Å². The Hall–Kier alpha value is -3.59. The molecule has 3 aromatic rings. The van der Waals surface area contributed by atoms with Crippen LogP contribution in [0.2, 0.25) is 0 Å². The maximum atomic E-state index is 12.2. The molecule has 0 aliphatic rings. The molecule has 3 rings (SSSR count). The van der Waals surface area contributed by atoms with Crippen molar-refractivity contribution >= 4 is 11.7 Å². The number of aryl methyl sites for hydroxylation is 1. The van der Waals surface area contributed by atoms with Gasteiger partial charge in [0, 0.05) is 17.7 Å². The second-order valence-corrected chi connectivity index (χ2v) is 5.50. The van der Waals surface area contributed by atoms with E-state index < -0.39 is 0 Å². The maximum absolute atomic E-state index is 12.2. The van der Waals surface area contributed by atoms with Gasteiger partial charge in [-0.15, -0.1) is 10.2 Å². The number of amides is 2. The number of aromatic nitrogens is 3. The summed E-state index contributed by atoms with van der Waals surface area (Å²) in [5.41, 5.74) is 2.33. The van der Waals surface area contributed by atoms with Crippen molar-refractivity contribution in [2.75, 3.05) is 5.32 Å². The Balaban J connectivity index is 1.66. The summed E-state index contributed by atoms with van der Waals surface area (Å²) < 4.78 is 1.87. The summed E-state index contributed by atoms with van der Waals surface area (Å²) in [5, 5.41) is 13.5. The average molecular weight is 345 g/mol. The van der Waals surface area contributed by atoms with E-state index in [2.05, 4.69) is 32.7 Å². The SMILES string of the molecule is CCn1cnnc1CNC(=O)Nc1ccccc1C#Cc1ccccc1. The number of benzene rings is 2. The smallest absolute Gasteiger partial charge is 0.319 e. The minimum Gasteiger partial charge on any atom is -0.331 e. The first kappa shape index (κ1) is 17.2. The Morgan fingerprint density at radius 1 is 1.08 bits per heavy atom. The fourth-order valence-electron chi connectivity index (χ4n) is 2.37. The third kappa shape index (κ3) is 4.48. The highest BCUT2D eigenvalue weighted by molar-refractivity contribution is 5.90. The van der Waals surface area contributed by atoms with Gasteiger partial charge in [0.05, 0.1) is 12.2 Å². The van der Waals surface area contributed by atoms with Crippen molar-refractivity contribution in [1.29, 1.82) is 0 Å². The highest BCUT2D eigenvalue weighted by Crippen LogP contribution is 2.14. The lowest BCUT2D eigenvalue weighted by Crippen LogP contribution is -2.29. The van der Waals surface area contributed by atoms with E-state index in [-0.39, 0.29) is 6.03 Å². The Kier molecular flexibility index (Phi) is 5.63. The van der Waals surface area contributed by atoms with Crippen LogP contribution in [-0.4, -0.2) is 20.8 Å². The molecule has 0 bridgehead atoms. The molecule has 0 aliphatic heterocycles. The van der Waals surface area contributed by atoms with E-state index in [0.29, 0.717) is 18.1 Å². The second-order valence-electron chi connectivity index (χ2n) is 5.50. The molecule has 130 valence electrons. The molecule has 0 fully saturated rings. The Labute approximate surface area is 152 Å². The summed E-state index contributed by atoms with van der Waals surface area (Å²) in [6, 6.07) is 16.8. The van der Waals surface area contributed by atoms with Gasteiger partial charge in [-0.2, -0.15) is 0 Å². The number of carbonyl (C=O) groups is 1. The lowest BCUT2D eigenvalue weighted by molar-refractivity contribution is 0.251. The number of hydrogen-bond acceptors (Lipinski definition) is 3. The number of rotatable bonds is 4. The van der Waals surface area contributed by atoms with E-state index in [1.165, 1.54) is 0 Å². The maximum Gasteiger partial charge on any atom is 0.319 e. The summed E-state index contributed by atoms with van der Waals surface area (Å²) in [7, 11) is 0. The third-order valence-electron chi connectivity index (χ3n) is 3.73. The van der Waals surface area contributed by atoms with E-state index in [9.17, 15) is 4.79 Å². The van der Waals surface area contributed by atoms with Crippen LogP contribution in [-0.2, 0) is 13.1 Å². The van der Waals surface area contributed by atoms with E-state index in [0.717, 1.165) is 17.7 Å². The van der Waals surface area contributed by atoms with Gasteiger partial charge in [-0.25, -0.2) is 4.79 Å². The largest absolute Gasteiger partial charge is 0.331 e. The summed E-state index contributed by atoms with van der Waals surface area (Å²) in [5.74, 6) is 6.91. The predicted octanol–water partition coefficient (Wildman–Crippen LogP) is 3.02. The highest BCUT2D eigenvalue weighted by atomic mass is 16.2. The second kappa shape index (κ2) is 8.49. The molecule has 0 atom stereocenters. The fraction of sp³-hybridized carbons (Fsp3) is 0.150. The zero-order valence-corrected chi connectivity index (χ0v) is 14.4. The molecule has 0 aliphatic carbocycles. The fourth-order valence-corrected chi connectivity index (χ4v) is 2.37. The summed E-state index contributed by atoms with van der Waals surface area (Å²) in [6.07, 6.45) is 1.64. The van der Waals surface area contributed by atoms with Crippen LogP contribution < -0.4 is 10.6 Å². The van der Waals surface area contributed by atoms with Gasteiger partial charge in [0.1, 0.15) is 6.33 Å². The Morgan fingerprint density at radius 2 is 1.85 bits per heavy atom. The molecule has 26 heavy (non-hydrogen) atoms. The van der Waals surface area contributed by atoms with Crippen molar-refractivity contribution in [3.63, 3.8) is 0 Å². The normalized spacial score (nSPS) is 9.88. The van der Waals surface area contributed by atoms with Crippen LogP contribution in [0.3, 0.4) is 0 Å². The zero-order chi connectivity index (χ0) is 18.2. The van der Waals surface area contributed by atoms with Crippen LogP contribution in [0.5, 0.6) is 0 Å². The summed E-state index contributed by atoms with van der Waals surface area (Å²) in [6.45, 7) is 3.05. The molecule has 0 spiro atoms. The van der Waals surface area contributed by atoms with Crippen molar-refractivity contribution in [3.8, 4) is 11.8 Å². The number of hydrogen-bond donors (Lipinski definition) is 2. The van der Waals surface area contributed by atoms with Crippen molar-refractivity contribution in [2.45, 2.75) is 20.0 Å². The van der Waals surface area contributed by atoms with Crippen LogP contribution in [0, 0.1) is 11.8 Å². The molecule has 0 unspecified atom stereocenters. The number of nitrogens with zero attached hydrogens (tertiary/aromatic N) is 3. The zero-order valence-electron chi connectivity index (χ0n) is 14.4. The molecule has 6 heteroatoms. The van der Waals surface area contributed by atoms with E-state index >= 15 is 0 Å². The monoisotopic (exact) mass is 345 g/mol. The number of anilines is 1. The van der Waals surface area contributed by atoms with Gasteiger partial charge in [0.2, 0.25) is 0 Å². The molecule has 6 nitrogen and oxygen atoms in total. The van der Waals surface area contributed by atoms with E-state index in [1.807, 2.05) is 66.1 Å². The van der Waals surface area contributed by atoms with Crippen LogP contribution >= 0.6 is 0 Å². The van der Waals surface area contributed by atoms with Crippen LogP contribution in [0.1, 0.15) is 23.9 Å². The first-order chi connectivity index (χ1) is 12.8. The molecule has 2 aromatic carbocycles. The minimum atomic E-state index is -0.315. The molecule has 0 radical (unpaired) electrons. The van der Waals surface area contributed by atoms with Gasteiger partial charge in [-0.3, -0.25) is 0 Å². The van der Waals surface area contributed by atoms with Crippen molar-refractivity contribution < 1.29 is 4.79 Å². The first-order valence-corrected chi connectivity index (χ1v) is 8.34. The lowest BCUT2D eigenvalue weighted by Gasteiger charge is -2.09. The molecule has 0 saturated carbocycles. The van der Waals surface area contributed by atoms with E-state index in [1.54, 1.807) is 6.33 Å². The molecule has 0 saturated heterocycles. The van der Waals surface area contributed by atoms with E-state index in [4.69, 9.17) is 0 Å². The van der Waals surface area contributed by atoms with Gasteiger partial charge in [-0.05, 0) is 31.2 Å². The van der Waals surface area contributed by atoms with Crippen LogP contribution in [0.4, 0.5) is 10.5 Å². The van der Waals surface area contributed by atoms with Crippen molar-refractivity contribution in [1.82, 2.24) is 20.1 Å². The first-order valence-electron chi connectivity index (χ1n) is 8.34. The summed E-state index contributed by atoms with van der Waals surface area (Å²) in [4.78, 5) is 12.2. The quantitative estimate of drug-likeness (QED) is 0.714. The van der Waals surface area contributed by atoms with Crippen molar-refractivity contribution in [2.24, 2.45) is 0 Å². The lowest BCUT2D eigenvalue weighted by atomic mass is 10.1. The molecular formula is C20H19N5O. The number of nitrogens with one attached hydrogen (secondary N) is 2. The number of para-hydroxylation sites is 1. The molecular weight excluding hydrogens is 326 g/mol. The van der Waals surface area contributed by atoms with Gasteiger partial charge >= 0.3 is 6.03 Å². The Morgan fingerprint density at radius 3 is 2.65 bits per heavy atom. The van der Waals surface area contributed by atoms with Gasteiger partial charge < -0.3 is 15.2 Å². The number of urea groups is 1. The van der Waals surface area contributed by atoms with Crippen LogP contribution in [0.15, 0.2) is 60.9 Å². The third-order valence-corrected chi connectivity index (χ3v) is 3.73. The molecule has 1 heterocycles. The predicted molar refractivity (Wildman–Crippen MR) is 100 cm³/mol. The van der Waals surface area contributed by atoms with Gasteiger partial charge in [-0.1, -0.05) is 42.2 Å². The molecule has 2 amide bonds. The van der Waals surface area contributed by atoms with Gasteiger partial charge in [0.25, 0.3) is 0 Å². The average Bonchev–Trinajstić information content (AvgIpc) is 3.14. The standard InChI is InChI=1S/C20H19N5O/c1-2-25-15-22-24-19(25)14-21-20(26)23-18-11-7-6-10-17(18)13-12-16-8-4-3-5-9-16/h3-11,15H,2,14H2,1H3,(H2,21,23,26). The minimum absolute atomic E-state index is 0.303. The van der Waals surface area contributed by atoms with Gasteiger partial charge in [0.15, 0.2) is 5.82 Å².